The molecule has 0 amide bonds. The van der Waals surface area contributed by atoms with Crippen LogP contribution < -0.4 is 11.1 Å². The number of rotatable bonds is 4. The number of piperidine rings is 1. The molecule has 0 radical (unpaired) electrons. The van der Waals surface area contributed by atoms with Crippen molar-refractivity contribution in [3.05, 3.63) is 60.2 Å². The number of nitrogen functional groups attached to an aromatic ring is 1. The van der Waals surface area contributed by atoms with Crippen molar-refractivity contribution < 1.29 is 0 Å². The summed E-state index contributed by atoms with van der Waals surface area (Å²) in [6, 6.07) is 19.2. The van der Waals surface area contributed by atoms with E-state index in [2.05, 4.69) is 46.6 Å². The lowest BCUT2D eigenvalue weighted by Crippen LogP contribution is -2.41. The molecule has 0 aliphatic carbocycles. The molecular weight excluding hydrogens is 258 g/mol. The molecule has 3 nitrogen and oxygen atoms in total. The fraction of sp³-hybridized carbons (Fsp3) is 0.333. The van der Waals surface area contributed by atoms with Gasteiger partial charge in [0, 0.05) is 19.1 Å². The van der Waals surface area contributed by atoms with Gasteiger partial charge >= 0.3 is 0 Å². The minimum absolute atomic E-state index is 0.479. The van der Waals surface area contributed by atoms with Crippen LogP contribution in [0.3, 0.4) is 0 Å². The summed E-state index contributed by atoms with van der Waals surface area (Å²) in [7, 11) is 0. The lowest BCUT2D eigenvalue weighted by molar-refractivity contribution is 0.208. The molecule has 1 unspecified atom stereocenters. The third kappa shape index (κ3) is 3.76. The van der Waals surface area contributed by atoms with Gasteiger partial charge < -0.3 is 11.1 Å². The van der Waals surface area contributed by atoms with Crippen LogP contribution in [0.4, 0.5) is 11.4 Å². The van der Waals surface area contributed by atoms with Gasteiger partial charge in [-0.1, -0.05) is 42.5 Å². The van der Waals surface area contributed by atoms with E-state index in [-0.39, 0.29) is 0 Å². The van der Waals surface area contributed by atoms with E-state index in [0.29, 0.717) is 6.04 Å². The zero-order valence-corrected chi connectivity index (χ0v) is 12.3. The van der Waals surface area contributed by atoms with Crippen LogP contribution in [0.5, 0.6) is 0 Å². The largest absolute Gasteiger partial charge is 0.397 e. The topological polar surface area (TPSA) is 41.3 Å². The molecule has 110 valence electrons. The van der Waals surface area contributed by atoms with Gasteiger partial charge in [-0.15, -0.1) is 0 Å². The number of nitrogens with two attached hydrogens (primary N) is 1. The minimum atomic E-state index is 0.479. The van der Waals surface area contributed by atoms with E-state index in [4.69, 9.17) is 5.73 Å². The van der Waals surface area contributed by atoms with Crippen LogP contribution in [0.15, 0.2) is 54.6 Å². The van der Waals surface area contributed by atoms with Gasteiger partial charge in [-0.25, -0.2) is 0 Å². The second-order valence-corrected chi connectivity index (χ2v) is 5.79. The SMILES string of the molecule is Nc1ccccc1NC1CCCN(Cc2ccccc2)C1. The van der Waals surface area contributed by atoms with Crippen molar-refractivity contribution >= 4 is 11.4 Å². The molecule has 1 saturated heterocycles. The third-order valence-corrected chi connectivity index (χ3v) is 4.07. The zero-order valence-electron chi connectivity index (χ0n) is 12.3. The Morgan fingerprint density at radius 1 is 1.05 bits per heavy atom. The Labute approximate surface area is 126 Å². The Morgan fingerprint density at radius 2 is 1.81 bits per heavy atom. The van der Waals surface area contributed by atoms with Gasteiger partial charge in [0.25, 0.3) is 0 Å². The summed E-state index contributed by atoms with van der Waals surface area (Å²) in [5.74, 6) is 0. The quantitative estimate of drug-likeness (QED) is 0.845. The number of nitrogens with zero attached hydrogens (tertiary/aromatic N) is 1. The predicted octanol–water partition coefficient (Wildman–Crippen LogP) is 3.35. The second kappa shape index (κ2) is 6.64. The Hall–Kier alpha value is -2.00. The molecule has 2 aromatic carbocycles. The van der Waals surface area contributed by atoms with Crippen LogP contribution in [-0.2, 0) is 6.54 Å². The molecule has 1 fully saturated rings. The monoisotopic (exact) mass is 281 g/mol. The number of anilines is 2. The first-order valence-electron chi connectivity index (χ1n) is 7.68. The Morgan fingerprint density at radius 3 is 2.62 bits per heavy atom. The van der Waals surface area contributed by atoms with Crippen molar-refractivity contribution in [1.82, 2.24) is 4.90 Å². The summed E-state index contributed by atoms with van der Waals surface area (Å²) in [5, 5.41) is 3.60. The third-order valence-electron chi connectivity index (χ3n) is 4.07. The zero-order chi connectivity index (χ0) is 14.5. The van der Waals surface area contributed by atoms with E-state index in [1.807, 2.05) is 18.2 Å². The Balaban J connectivity index is 1.60. The van der Waals surface area contributed by atoms with Crippen LogP contribution in [0.25, 0.3) is 0 Å². The van der Waals surface area contributed by atoms with Gasteiger partial charge in [0.15, 0.2) is 0 Å². The van der Waals surface area contributed by atoms with Gasteiger partial charge in [0.1, 0.15) is 0 Å². The first-order valence-corrected chi connectivity index (χ1v) is 7.68. The number of likely N-dealkylation sites (tertiary alicyclic amines) is 1. The van der Waals surface area contributed by atoms with Crippen LogP contribution in [0.2, 0.25) is 0 Å². The molecule has 3 heteroatoms. The summed E-state index contributed by atoms with van der Waals surface area (Å²) in [6.07, 6.45) is 2.44. The lowest BCUT2D eigenvalue weighted by Gasteiger charge is -2.34. The maximum atomic E-state index is 6.02. The Bertz CT molecular complexity index is 568. The first kappa shape index (κ1) is 14.0. The molecule has 1 aliphatic rings. The smallest absolute Gasteiger partial charge is 0.0576 e. The average molecular weight is 281 g/mol. The molecule has 0 bridgehead atoms. The van der Waals surface area contributed by atoms with Crippen molar-refractivity contribution in [2.75, 3.05) is 24.1 Å². The molecule has 3 N–H and O–H groups in total. The summed E-state index contributed by atoms with van der Waals surface area (Å²) in [4.78, 5) is 2.52. The van der Waals surface area contributed by atoms with Crippen molar-refractivity contribution in [2.45, 2.75) is 25.4 Å². The average Bonchev–Trinajstić information content (AvgIpc) is 2.51. The molecule has 0 aromatic heterocycles. The summed E-state index contributed by atoms with van der Waals surface area (Å²) in [6.45, 7) is 3.28. The van der Waals surface area contributed by atoms with Gasteiger partial charge in [0.2, 0.25) is 0 Å². The highest BCUT2D eigenvalue weighted by atomic mass is 15.2. The predicted molar refractivity (Wildman–Crippen MR) is 89.2 cm³/mol. The van der Waals surface area contributed by atoms with E-state index in [9.17, 15) is 0 Å². The number of hydrogen-bond donors (Lipinski definition) is 2. The van der Waals surface area contributed by atoms with Crippen molar-refractivity contribution in [3.8, 4) is 0 Å². The number of benzene rings is 2. The number of hydrogen-bond acceptors (Lipinski definition) is 3. The minimum Gasteiger partial charge on any atom is -0.397 e. The van der Waals surface area contributed by atoms with Crippen molar-refractivity contribution in [2.24, 2.45) is 0 Å². The standard InChI is InChI=1S/C18H23N3/c19-17-10-4-5-11-18(17)20-16-9-6-12-21(14-16)13-15-7-2-1-3-8-15/h1-5,7-8,10-11,16,20H,6,9,12-14,19H2. The van der Waals surface area contributed by atoms with Crippen LogP contribution in [0.1, 0.15) is 18.4 Å². The second-order valence-electron chi connectivity index (χ2n) is 5.79. The Kier molecular flexibility index (Phi) is 4.41. The van der Waals surface area contributed by atoms with Gasteiger partial charge in [-0.3, -0.25) is 4.90 Å². The van der Waals surface area contributed by atoms with Gasteiger partial charge in [-0.05, 0) is 37.1 Å². The van der Waals surface area contributed by atoms with Crippen LogP contribution in [0, 0.1) is 0 Å². The number of nitrogens with one attached hydrogen (secondary N) is 1. The van der Waals surface area contributed by atoms with Crippen molar-refractivity contribution in [3.63, 3.8) is 0 Å². The highest BCUT2D eigenvalue weighted by Crippen LogP contribution is 2.22. The summed E-state index contributed by atoms with van der Waals surface area (Å²) in [5.41, 5.74) is 9.30. The highest BCUT2D eigenvalue weighted by Gasteiger charge is 2.20. The summed E-state index contributed by atoms with van der Waals surface area (Å²) < 4.78 is 0. The van der Waals surface area contributed by atoms with Crippen molar-refractivity contribution in [1.29, 1.82) is 0 Å². The fourth-order valence-electron chi connectivity index (χ4n) is 3.01. The molecule has 1 heterocycles. The highest BCUT2D eigenvalue weighted by molar-refractivity contribution is 5.66. The molecule has 0 saturated carbocycles. The molecule has 3 rings (SSSR count). The molecular formula is C18H23N3. The number of para-hydroxylation sites is 2. The fourth-order valence-corrected chi connectivity index (χ4v) is 3.01. The molecule has 21 heavy (non-hydrogen) atoms. The van der Waals surface area contributed by atoms with Gasteiger partial charge in [0.05, 0.1) is 11.4 Å². The van der Waals surface area contributed by atoms with E-state index < -0.39 is 0 Å². The van der Waals surface area contributed by atoms with E-state index in [0.717, 1.165) is 24.5 Å². The molecule has 2 aromatic rings. The first-order chi connectivity index (χ1) is 10.3. The molecule has 0 spiro atoms. The van der Waals surface area contributed by atoms with E-state index in [1.165, 1.54) is 24.9 Å². The van der Waals surface area contributed by atoms with Crippen LogP contribution in [-0.4, -0.2) is 24.0 Å². The normalized spacial score (nSPS) is 19.3. The van der Waals surface area contributed by atoms with E-state index >= 15 is 0 Å². The molecule has 1 aliphatic heterocycles. The van der Waals surface area contributed by atoms with Crippen LogP contribution >= 0.6 is 0 Å². The summed E-state index contributed by atoms with van der Waals surface area (Å²) >= 11 is 0. The van der Waals surface area contributed by atoms with Gasteiger partial charge in [-0.2, -0.15) is 0 Å². The lowest BCUT2D eigenvalue weighted by atomic mass is 10.0. The maximum absolute atomic E-state index is 6.02. The van der Waals surface area contributed by atoms with E-state index in [1.54, 1.807) is 0 Å². The maximum Gasteiger partial charge on any atom is 0.0576 e. The molecule has 1 atom stereocenters.